The third-order valence-corrected chi connectivity index (χ3v) is 3.01. The van der Waals surface area contributed by atoms with Crippen LogP contribution in [0.2, 0.25) is 0 Å². The summed E-state index contributed by atoms with van der Waals surface area (Å²) in [5.74, 6) is 5.96. The van der Waals surface area contributed by atoms with Crippen molar-refractivity contribution in [3.63, 3.8) is 0 Å². The quantitative estimate of drug-likeness (QED) is 0.574. The molecule has 1 nitrogen and oxygen atoms in total. The van der Waals surface area contributed by atoms with Crippen LogP contribution in [0.5, 0.6) is 0 Å². The van der Waals surface area contributed by atoms with Crippen molar-refractivity contribution in [1.82, 2.24) is 4.98 Å². The first-order chi connectivity index (χ1) is 7.40. The predicted octanol–water partition coefficient (Wildman–Crippen LogP) is 3.56. The maximum atomic E-state index is 4.37. The Morgan fingerprint density at radius 3 is 2.87 bits per heavy atom. The first kappa shape index (κ1) is 10.4. The Balaban J connectivity index is 2.25. The van der Waals surface area contributed by atoms with E-state index in [0.717, 1.165) is 11.3 Å². The van der Waals surface area contributed by atoms with Gasteiger partial charge in [-0.3, -0.25) is 4.98 Å². The van der Waals surface area contributed by atoms with Gasteiger partial charge in [-0.2, -0.15) is 0 Å². The van der Waals surface area contributed by atoms with E-state index >= 15 is 0 Å². The van der Waals surface area contributed by atoms with Crippen LogP contribution in [-0.4, -0.2) is 10.3 Å². The highest BCUT2D eigenvalue weighted by Gasteiger charge is 1.98. The SMILES string of the molecule is BrCC#Cc1ccc(-c2cccs2)nc1. The van der Waals surface area contributed by atoms with E-state index < -0.39 is 0 Å². The fourth-order valence-electron chi connectivity index (χ4n) is 1.17. The molecule has 0 aromatic carbocycles. The molecule has 0 bridgehead atoms. The molecule has 0 N–H and O–H groups in total. The van der Waals surface area contributed by atoms with Gasteiger partial charge >= 0.3 is 0 Å². The zero-order valence-corrected chi connectivity index (χ0v) is 10.3. The van der Waals surface area contributed by atoms with Crippen molar-refractivity contribution in [1.29, 1.82) is 0 Å². The van der Waals surface area contributed by atoms with Gasteiger partial charge in [0, 0.05) is 11.8 Å². The normalized spacial score (nSPS) is 9.40. The minimum Gasteiger partial charge on any atom is -0.254 e. The molecule has 0 atom stereocenters. The highest BCUT2D eigenvalue weighted by Crippen LogP contribution is 2.22. The molecule has 0 aliphatic rings. The van der Waals surface area contributed by atoms with Crippen LogP contribution in [0.4, 0.5) is 0 Å². The Hall–Kier alpha value is -1.11. The second kappa shape index (κ2) is 5.11. The molecule has 2 aromatic heterocycles. The average Bonchev–Trinajstić information content (AvgIpc) is 2.80. The second-order valence-electron chi connectivity index (χ2n) is 2.84. The summed E-state index contributed by atoms with van der Waals surface area (Å²) in [7, 11) is 0. The molecule has 0 radical (unpaired) electrons. The summed E-state index contributed by atoms with van der Waals surface area (Å²) in [6.45, 7) is 0. The van der Waals surface area contributed by atoms with Crippen LogP contribution >= 0.6 is 27.3 Å². The Kier molecular flexibility index (Phi) is 3.54. The van der Waals surface area contributed by atoms with E-state index in [1.807, 2.05) is 24.4 Å². The summed E-state index contributed by atoms with van der Waals surface area (Å²) in [6, 6.07) is 8.10. The molecule has 2 rings (SSSR count). The fraction of sp³-hybridized carbons (Fsp3) is 0.0833. The van der Waals surface area contributed by atoms with Crippen LogP contribution in [0.3, 0.4) is 0 Å². The molecule has 0 unspecified atom stereocenters. The molecule has 0 saturated heterocycles. The van der Waals surface area contributed by atoms with Crippen molar-refractivity contribution in [2.24, 2.45) is 0 Å². The van der Waals surface area contributed by atoms with Gasteiger partial charge < -0.3 is 0 Å². The number of aromatic nitrogens is 1. The molecule has 0 aliphatic heterocycles. The summed E-state index contributed by atoms with van der Waals surface area (Å²) in [6.07, 6.45) is 1.81. The molecular weight excluding hydrogens is 270 g/mol. The summed E-state index contributed by atoms with van der Waals surface area (Å²) >= 11 is 4.95. The van der Waals surface area contributed by atoms with E-state index in [-0.39, 0.29) is 0 Å². The van der Waals surface area contributed by atoms with Gasteiger partial charge in [0.1, 0.15) is 0 Å². The summed E-state index contributed by atoms with van der Waals surface area (Å²) in [5.41, 5.74) is 1.96. The number of pyridine rings is 1. The maximum absolute atomic E-state index is 4.37. The van der Waals surface area contributed by atoms with E-state index in [4.69, 9.17) is 0 Å². The van der Waals surface area contributed by atoms with Gasteiger partial charge in [-0.05, 0) is 23.6 Å². The lowest BCUT2D eigenvalue weighted by Crippen LogP contribution is -1.81. The molecule has 0 fully saturated rings. The van der Waals surface area contributed by atoms with Crippen molar-refractivity contribution in [2.45, 2.75) is 0 Å². The minimum atomic E-state index is 0.694. The largest absolute Gasteiger partial charge is 0.254 e. The minimum absolute atomic E-state index is 0.694. The van der Waals surface area contributed by atoms with Crippen molar-refractivity contribution in [2.75, 3.05) is 5.33 Å². The first-order valence-corrected chi connectivity index (χ1v) is 6.45. The van der Waals surface area contributed by atoms with Gasteiger partial charge in [0.05, 0.1) is 15.9 Å². The second-order valence-corrected chi connectivity index (χ2v) is 4.35. The van der Waals surface area contributed by atoms with Crippen molar-refractivity contribution in [3.05, 3.63) is 41.4 Å². The monoisotopic (exact) mass is 277 g/mol. The Bertz CT molecular complexity index is 477. The summed E-state index contributed by atoms with van der Waals surface area (Å²) in [5, 5.41) is 2.75. The standard InChI is InChI=1S/C12H8BrNS/c13-7-1-3-10-5-6-11(14-9-10)12-4-2-8-15-12/h2,4-6,8-9H,7H2. The Labute approximate surface area is 101 Å². The summed E-state index contributed by atoms with van der Waals surface area (Å²) in [4.78, 5) is 5.56. The summed E-state index contributed by atoms with van der Waals surface area (Å²) < 4.78 is 0. The lowest BCUT2D eigenvalue weighted by molar-refractivity contribution is 1.32. The zero-order valence-electron chi connectivity index (χ0n) is 7.90. The zero-order chi connectivity index (χ0) is 10.5. The van der Waals surface area contributed by atoms with Crippen molar-refractivity contribution in [3.8, 4) is 22.4 Å². The number of alkyl halides is 1. The molecule has 3 heteroatoms. The number of halogens is 1. The molecule has 74 valence electrons. The third kappa shape index (κ3) is 2.68. The van der Waals surface area contributed by atoms with Crippen LogP contribution in [0.25, 0.3) is 10.6 Å². The average molecular weight is 278 g/mol. The van der Waals surface area contributed by atoms with E-state index in [9.17, 15) is 0 Å². The van der Waals surface area contributed by atoms with Gasteiger partial charge in [-0.25, -0.2) is 0 Å². The number of thiophene rings is 1. The highest BCUT2D eigenvalue weighted by molar-refractivity contribution is 9.09. The Morgan fingerprint density at radius 1 is 1.33 bits per heavy atom. The van der Waals surface area contributed by atoms with E-state index in [0.29, 0.717) is 5.33 Å². The van der Waals surface area contributed by atoms with Crippen LogP contribution in [-0.2, 0) is 0 Å². The molecule has 2 aromatic rings. The van der Waals surface area contributed by atoms with Crippen molar-refractivity contribution < 1.29 is 0 Å². The number of hydrogen-bond acceptors (Lipinski definition) is 2. The molecule has 0 saturated carbocycles. The van der Waals surface area contributed by atoms with Gasteiger partial charge in [0.15, 0.2) is 0 Å². The van der Waals surface area contributed by atoms with Gasteiger partial charge in [-0.15, -0.1) is 11.3 Å². The van der Waals surface area contributed by atoms with E-state index in [1.54, 1.807) is 11.3 Å². The predicted molar refractivity (Wildman–Crippen MR) is 68.2 cm³/mol. The van der Waals surface area contributed by atoms with Gasteiger partial charge in [0.25, 0.3) is 0 Å². The van der Waals surface area contributed by atoms with E-state index in [1.165, 1.54) is 4.88 Å². The van der Waals surface area contributed by atoms with Crippen LogP contribution in [0.1, 0.15) is 5.56 Å². The van der Waals surface area contributed by atoms with Gasteiger partial charge in [-0.1, -0.05) is 33.8 Å². The highest BCUT2D eigenvalue weighted by atomic mass is 79.9. The van der Waals surface area contributed by atoms with Crippen LogP contribution in [0.15, 0.2) is 35.8 Å². The van der Waals surface area contributed by atoms with E-state index in [2.05, 4.69) is 44.2 Å². The van der Waals surface area contributed by atoms with Crippen LogP contribution < -0.4 is 0 Å². The topological polar surface area (TPSA) is 12.9 Å². The molecular formula is C12H8BrNS. The molecule has 0 aliphatic carbocycles. The number of hydrogen-bond donors (Lipinski definition) is 0. The lowest BCUT2D eigenvalue weighted by atomic mass is 10.2. The molecule has 0 amide bonds. The van der Waals surface area contributed by atoms with Crippen LogP contribution in [0, 0.1) is 11.8 Å². The molecule has 15 heavy (non-hydrogen) atoms. The maximum Gasteiger partial charge on any atom is 0.0802 e. The third-order valence-electron chi connectivity index (χ3n) is 1.84. The first-order valence-electron chi connectivity index (χ1n) is 4.45. The van der Waals surface area contributed by atoms with Crippen molar-refractivity contribution >= 4 is 27.3 Å². The fourth-order valence-corrected chi connectivity index (χ4v) is 2.02. The molecule has 0 spiro atoms. The van der Waals surface area contributed by atoms with Gasteiger partial charge in [0.2, 0.25) is 0 Å². The number of nitrogens with zero attached hydrogens (tertiary/aromatic N) is 1. The molecule has 2 heterocycles. The Morgan fingerprint density at radius 2 is 2.27 bits per heavy atom. The smallest absolute Gasteiger partial charge is 0.0802 e. The lowest BCUT2D eigenvalue weighted by Gasteiger charge is -1.95. The number of rotatable bonds is 1.